The van der Waals surface area contributed by atoms with Crippen molar-refractivity contribution in [2.24, 2.45) is 5.41 Å². The molecule has 1 fully saturated rings. The summed E-state index contributed by atoms with van der Waals surface area (Å²) in [6.45, 7) is 6.80. The first-order valence-corrected chi connectivity index (χ1v) is 10.7. The largest absolute Gasteiger partial charge is 0.465 e. The van der Waals surface area contributed by atoms with E-state index in [-0.39, 0.29) is 34.2 Å². The molecule has 2 aromatic carbocycles. The number of benzene rings is 2. The van der Waals surface area contributed by atoms with Gasteiger partial charge < -0.3 is 9.47 Å². The minimum Gasteiger partial charge on any atom is -0.465 e. The number of carbonyl (C=O) groups is 3. The second-order valence-electron chi connectivity index (χ2n) is 8.20. The molecule has 164 valence electrons. The molecule has 3 rings (SSSR count). The van der Waals surface area contributed by atoms with Crippen LogP contribution in [0.2, 0.25) is 0 Å². The third-order valence-corrected chi connectivity index (χ3v) is 6.08. The average Bonchev–Trinajstić information content (AvgIpc) is 3.09. The fourth-order valence-electron chi connectivity index (χ4n) is 3.15. The number of methoxy groups -OCH3 is 1. The fourth-order valence-corrected chi connectivity index (χ4v) is 4.32. The molecule has 0 N–H and O–H groups in total. The van der Waals surface area contributed by atoms with Crippen LogP contribution in [-0.4, -0.2) is 30.7 Å². The Labute approximate surface area is 184 Å². The highest BCUT2D eigenvalue weighted by atomic mass is 32.2. The van der Waals surface area contributed by atoms with Crippen LogP contribution in [0.25, 0.3) is 0 Å². The zero-order valence-corrected chi connectivity index (χ0v) is 18.8. The van der Waals surface area contributed by atoms with Crippen LogP contribution in [0, 0.1) is 18.2 Å². The molecule has 1 aliphatic heterocycles. The highest BCUT2D eigenvalue weighted by Crippen LogP contribution is 2.45. The molecule has 0 saturated carbocycles. The molecule has 0 radical (unpaired) electrons. The van der Waals surface area contributed by atoms with Crippen molar-refractivity contribution in [2.75, 3.05) is 17.8 Å². The Balaban J connectivity index is 2.10. The molecule has 1 unspecified atom stereocenters. The van der Waals surface area contributed by atoms with Gasteiger partial charge in [0.1, 0.15) is 22.5 Å². The molecule has 0 aromatic heterocycles. The van der Waals surface area contributed by atoms with E-state index in [1.807, 2.05) is 0 Å². The normalized spacial score (nSPS) is 16.4. The minimum absolute atomic E-state index is 0.0619. The number of carbonyl (C=O) groups excluding carboxylic acids is 3. The van der Waals surface area contributed by atoms with Crippen molar-refractivity contribution in [3.05, 3.63) is 58.9 Å². The van der Waals surface area contributed by atoms with Gasteiger partial charge in [0.05, 0.1) is 24.0 Å². The van der Waals surface area contributed by atoms with E-state index in [9.17, 15) is 18.8 Å². The van der Waals surface area contributed by atoms with Crippen molar-refractivity contribution in [3.63, 3.8) is 0 Å². The monoisotopic (exact) mass is 445 g/mol. The van der Waals surface area contributed by atoms with Gasteiger partial charge in [-0.1, -0.05) is 12.1 Å². The molecule has 1 aliphatic rings. The van der Waals surface area contributed by atoms with Gasteiger partial charge in [0.25, 0.3) is 0 Å². The summed E-state index contributed by atoms with van der Waals surface area (Å²) in [5.41, 5.74) is 1.03. The lowest BCUT2D eigenvalue weighted by Crippen LogP contribution is -2.30. The molecular formula is C23H24FNO5S. The number of hydrogen-bond donors (Lipinski definition) is 0. The minimum atomic E-state index is -0.800. The number of halogens is 1. The lowest BCUT2D eigenvalue weighted by Gasteiger charge is -2.28. The highest BCUT2D eigenvalue weighted by molar-refractivity contribution is 8.00. The van der Waals surface area contributed by atoms with Crippen molar-refractivity contribution in [1.82, 2.24) is 0 Å². The van der Waals surface area contributed by atoms with Gasteiger partial charge in [0, 0.05) is 5.56 Å². The summed E-state index contributed by atoms with van der Waals surface area (Å²) in [5.74, 6) is -1.36. The van der Waals surface area contributed by atoms with Crippen LogP contribution in [0.1, 0.15) is 47.6 Å². The first-order chi connectivity index (χ1) is 14.5. The number of anilines is 1. The highest BCUT2D eigenvalue weighted by Gasteiger charge is 2.36. The smallest absolute Gasteiger partial charge is 0.341 e. The topological polar surface area (TPSA) is 72.9 Å². The molecule has 31 heavy (non-hydrogen) atoms. The quantitative estimate of drug-likeness (QED) is 0.504. The number of rotatable bonds is 4. The molecule has 8 heteroatoms. The maximum Gasteiger partial charge on any atom is 0.341 e. The van der Waals surface area contributed by atoms with Gasteiger partial charge in [-0.15, -0.1) is 11.8 Å². The van der Waals surface area contributed by atoms with E-state index in [1.54, 1.807) is 50.8 Å². The van der Waals surface area contributed by atoms with Gasteiger partial charge >= 0.3 is 11.9 Å². The predicted octanol–water partition coefficient (Wildman–Crippen LogP) is 4.65. The SMILES string of the molecule is COC(=O)c1ccc(N2C(=O)CSC2c2ccc(F)cc2)c(C)c1OC(=O)C(C)(C)C. The summed E-state index contributed by atoms with van der Waals surface area (Å²) >= 11 is 1.41. The molecule has 1 saturated heterocycles. The van der Waals surface area contributed by atoms with Gasteiger partial charge in [0.15, 0.2) is 0 Å². The Morgan fingerprint density at radius 2 is 1.77 bits per heavy atom. The van der Waals surface area contributed by atoms with Crippen LogP contribution in [0.15, 0.2) is 36.4 Å². The van der Waals surface area contributed by atoms with Crippen molar-refractivity contribution in [1.29, 1.82) is 0 Å². The van der Waals surface area contributed by atoms with Crippen LogP contribution in [0.5, 0.6) is 5.75 Å². The lowest BCUT2D eigenvalue weighted by molar-refractivity contribution is -0.143. The van der Waals surface area contributed by atoms with Gasteiger partial charge in [-0.25, -0.2) is 9.18 Å². The summed E-state index contributed by atoms with van der Waals surface area (Å²) in [6, 6.07) is 9.09. The Kier molecular flexibility index (Phi) is 6.40. The summed E-state index contributed by atoms with van der Waals surface area (Å²) in [5, 5.41) is -0.373. The molecule has 1 atom stereocenters. The number of nitrogens with zero attached hydrogens (tertiary/aromatic N) is 1. The van der Waals surface area contributed by atoms with Crippen LogP contribution in [0.4, 0.5) is 10.1 Å². The first kappa shape index (κ1) is 22.8. The molecule has 1 heterocycles. The molecular weight excluding hydrogens is 421 g/mol. The van der Waals surface area contributed by atoms with Crippen molar-refractivity contribution < 1.29 is 28.2 Å². The van der Waals surface area contributed by atoms with Crippen LogP contribution >= 0.6 is 11.8 Å². The van der Waals surface area contributed by atoms with Gasteiger partial charge in [-0.3, -0.25) is 14.5 Å². The predicted molar refractivity (Wildman–Crippen MR) is 117 cm³/mol. The number of ether oxygens (including phenoxy) is 2. The summed E-state index contributed by atoms with van der Waals surface area (Å²) < 4.78 is 23.8. The van der Waals surface area contributed by atoms with Gasteiger partial charge in [-0.2, -0.15) is 0 Å². The van der Waals surface area contributed by atoms with E-state index in [1.165, 1.54) is 37.1 Å². The van der Waals surface area contributed by atoms with Gasteiger partial charge in [-0.05, 0) is 57.5 Å². The summed E-state index contributed by atoms with van der Waals surface area (Å²) in [6.07, 6.45) is 0. The third-order valence-electron chi connectivity index (χ3n) is 4.87. The van der Waals surface area contributed by atoms with Crippen molar-refractivity contribution >= 4 is 35.3 Å². The van der Waals surface area contributed by atoms with E-state index in [0.29, 0.717) is 11.3 Å². The zero-order valence-electron chi connectivity index (χ0n) is 18.0. The Morgan fingerprint density at radius 1 is 1.13 bits per heavy atom. The fraction of sp³-hybridized carbons (Fsp3) is 0.348. The van der Waals surface area contributed by atoms with E-state index < -0.39 is 17.4 Å². The molecule has 0 aliphatic carbocycles. The molecule has 6 nitrogen and oxygen atoms in total. The van der Waals surface area contributed by atoms with E-state index >= 15 is 0 Å². The lowest BCUT2D eigenvalue weighted by atomic mass is 9.97. The molecule has 1 amide bonds. The number of amides is 1. The van der Waals surface area contributed by atoms with Crippen molar-refractivity contribution in [2.45, 2.75) is 33.1 Å². The third kappa shape index (κ3) is 4.58. The molecule has 0 spiro atoms. The Hall–Kier alpha value is -2.87. The first-order valence-electron chi connectivity index (χ1n) is 9.68. The van der Waals surface area contributed by atoms with Gasteiger partial charge in [0.2, 0.25) is 5.91 Å². The number of thioether (sulfide) groups is 1. The number of hydrogen-bond acceptors (Lipinski definition) is 6. The van der Waals surface area contributed by atoms with Crippen molar-refractivity contribution in [3.8, 4) is 5.75 Å². The second-order valence-corrected chi connectivity index (χ2v) is 9.26. The van der Waals surface area contributed by atoms with E-state index in [4.69, 9.17) is 9.47 Å². The van der Waals surface area contributed by atoms with Crippen LogP contribution in [0.3, 0.4) is 0 Å². The van der Waals surface area contributed by atoms with E-state index in [2.05, 4.69) is 0 Å². The molecule has 2 aromatic rings. The number of esters is 2. The second kappa shape index (κ2) is 8.70. The Bertz CT molecular complexity index is 1030. The molecule has 0 bridgehead atoms. The maximum absolute atomic E-state index is 13.4. The van der Waals surface area contributed by atoms with Crippen LogP contribution < -0.4 is 9.64 Å². The summed E-state index contributed by atoms with van der Waals surface area (Å²) in [7, 11) is 1.24. The zero-order chi connectivity index (χ0) is 22.9. The average molecular weight is 446 g/mol. The Morgan fingerprint density at radius 3 is 2.35 bits per heavy atom. The summed E-state index contributed by atoms with van der Waals surface area (Å²) in [4.78, 5) is 39.2. The van der Waals surface area contributed by atoms with Crippen LogP contribution in [-0.2, 0) is 14.3 Å². The standard InChI is InChI=1S/C23H24FNO5S/c1-13-17(25-18(26)12-31-20(25)14-6-8-15(24)9-7-14)11-10-16(21(27)29-5)19(13)30-22(28)23(2,3)4/h6-11,20H,12H2,1-5H3. The maximum atomic E-state index is 13.4. The van der Waals surface area contributed by atoms with E-state index in [0.717, 1.165) is 5.56 Å².